The molecule has 0 unspecified atom stereocenters. The molecule has 0 spiro atoms. The maximum absolute atomic E-state index is 11.9. The quantitative estimate of drug-likeness (QED) is 0.254. The minimum Gasteiger partial charge on any atom is -0.495 e. The van der Waals surface area contributed by atoms with Crippen LogP contribution in [0.4, 0.5) is 11.6 Å². The number of aromatic nitrogens is 4. The second kappa shape index (κ2) is 11.4. The molecule has 0 saturated heterocycles. The summed E-state index contributed by atoms with van der Waals surface area (Å²) in [5, 5.41) is 8.09. The zero-order valence-electron chi connectivity index (χ0n) is 22.9. The molecule has 2 aromatic carbocycles. The smallest absolute Gasteiger partial charge is 0.337 e. The van der Waals surface area contributed by atoms with Gasteiger partial charge in [-0.3, -0.25) is 9.67 Å². The number of methoxy groups -OCH3 is 2. The summed E-state index contributed by atoms with van der Waals surface area (Å²) >= 11 is 0. The molecule has 2 aromatic heterocycles. The second-order valence-corrected chi connectivity index (χ2v) is 9.38. The van der Waals surface area contributed by atoms with Crippen molar-refractivity contribution in [3.05, 3.63) is 88.5 Å². The van der Waals surface area contributed by atoms with Crippen molar-refractivity contribution >= 4 is 29.4 Å². The van der Waals surface area contributed by atoms with Gasteiger partial charge in [-0.05, 0) is 47.7 Å². The first-order valence-electron chi connectivity index (χ1n) is 12.8. The van der Waals surface area contributed by atoms with Crippen molar-refractivity contribution in [3.63, 3.8) is 0 Å². The summed E-state index contributed by atoms with van der Waals surface area (Å²) < 4.78 is 12.3. The number of fused-ring (bicyclic) bond motifs is 3. The van der Waals surface area contributed by atoms with Crippen molar-refractivity contribution < 1.29 is 14.3 Å². The Kier molecular flexibility index (Phi) is 7.59. The molecule has 0 aliphatic heterocycles. The first kappa shape index (κ1) is 26.6. The molecule has 0 radical (unpaired) electrons. The summed E-state index contributed by atoms with van der Waals surface area (Å²) in [4.78, 5) is 25.6. The lowest BCUT2D eigenvalue weighted by molar-refractivity contribution is 0.0600. The number of aryl methyl sites for hydroxylation is 3. The normalized spacial score (nSPS) is 12.7. The number of hydrogen-bond acceptors (Lipinski definition) is 9. The number of benzene rings is 2. The molecule has 0 atom stereocenters. The topological polar surface area (TPSA) is 130 Å². The first-order valence-corrected chi connectivity index (χ1v) is 12.8. The van der Waals surface area contributed by atoms with E-state index in [-0.39, 0.29) is 0 Å². The van der Waals surface area contributed by atoms with Gasteiger partial charge >= 0.3 is 5.97 Å². The maximum Gasteiger partial charge on any atom is 0.337 e. The molecule has 204 valence electrons. The van der Waals surface area contributed by atoms with Gasteiger partial charge in [0.2, 0.25) is 5.95 Å². The van der Waals surface area contributed by atoms with Crippen molar-refractivity contribution in [3.8, 4) is 17.0 Å². The highest BCUT2D eigenvalue weighted by molar-refractivity contribution is 6.09. The van der Waals surface area contributed by atoms with E-state index in [2.05, 4.69) is 27.4 Å². The predicted molar refractivity (Wildman–Crippen MR) is 155 cm³/mol. The fourth-order valence-corrected chi connectivity index (χ4v) is 4.96. The number of nitrogens with one attached hydrogen (secondary N) is 1. The molecular formula is C30H31N7O3. The van der Waals surface area contributed by atoms with Crippen LogP contribution in [0.15, 0.2) is 59.9 Å². The number of hydrogen-bond donors (Lipinski definition) is 2. The fourth-order valence-electron chi connectivity index (χ4n) is 4.96. The van der Waals surface area contributed by atoms with E-state index < -0.39 is 5.97 Å². The summed E-state index contributed by atoms with van der Waals surface area (Å²) in [6.07, 6.45) is 7.49. The van der Waals surface area contributed by atoms with Crippen LogP contribution >= 0.6 is 0 Å². The van der Waals surface area contributed by atoms with Gasteiger partial charge < -0.3 is 20.5 Å². The first-order chi connectivity index (χ1) is 19.4. The Morgan fingerprint density at radius 3 is 2.77 bits per heavy atom. The molecule has 0 fully saturated rings. The number of esters is 1. The van der Waals surface area contributed by atoms with E-state index in [1.807, 2.05) is 30.1 Å². The van der Waals surface area contributed by atoms with Crippen LogP contribution in [0, 0.1) is 0 Å². The van der Waals surface area contributed by atoms with Gasteiger partial charge in [0.1, 0.15) is 5.75 Å². The van der Waals surface area contributed by atoms with Crippen LogP contribution in [0.25, 0.3) is 16.8 Å². The van der Waals surface area contributed by atoms with E-state index in [0.29, 0.717) is 29.4 Å². The van der Waals surface area contributed by atoms with Crippen molar-refractivity contribution in [2.24, 2.45) is 17.8 Å². The number of aliphatic imine (C=N–C) groups is 1. The van der Waals surface area contributed by atoms with Crippen molar-refractivity contribution in [2.45, 2.75) is 19.3 Å². The molecule has 40 heavy (non-hydrogen) atoms. The molecule has 4 aromatic rings. The third-order valence-electron chi connectivity index (χ3n) is 6.92. The maximum atomic E-state index is 11.9. The number of anilines is 2. The minimum atomic E-state index is -0.439. The Hall–Kier alpha value is -4.99. The highest BCUT2D eigenvalue weighted by atomic mass is 16.5. The van der Waals surface area contributed by atoms with Gasteiger partial charge in [-0.15, -0.1) is 0 Å². The van der Waals surface area contributed by atoms with Crippen LogP contribution in [-0.2, 0) is 31.0 Å². The molecule has 10 nitrogen and oxygen atoms in total. The Morgan fingerprint density at radius 1 is 1.18 bits per heavy atom. The van der Waals surface area contributed by atoms with Crippen LogP contribution < -0.4 is 15.8 Å². The van der Waals surface area contributed by atoms with Gasteiger partial charge in [0.25, 0.3) is 0 Å². The fraction of sp³-hybridized carbons (Fsp3) is 0.233. The number of ether oxygens (including phenoxy) is 2. The van der Waals surface area contributed by atoms with E-state index in [4.69, 9.17) is 25.3 Å². The average Bonchev–Trinajstić information content (AvgIpc) is 3.30. The number of nitrogens with two attached hydrogens (primary N) is 1. The van der Waals surface area contributed by atoms with E-state index in [0.717, 1.165) is 57.8 Å². The third-order valence-corrected chi connectivity index (χ3v) is 6.92. The number of nitrogens with zero attached hydrogens (tertiary/aromatic N) is 5. The van der Waals surface area contributed by atoms with Crippen LogP contribution in [0.3, 0.4) is 0 Å². The monoisotopic (exact) mass is 537 g/mol. The number of carbonyl (C=O) groups excluding carboxylic acids is 1. The molecule has 2 heterocycles. The highest BCUT2D eigenvalue weighted by Gasteiger charge is 2.26. The van der Waals surface area contributed by atoms with E-state index in [1.165, 1.54) is 7.11 Å². The summed E-state index contributed by atoms with van der Waals surface area (Å²) in [5.41, 5.74) is 14.9. The van der Waals surface area contributed by atoms with Gasteiger partial charge in [-0.2, -0.15) is 5.10 Å². The summed E-state index contributed by atoms with van der Waals surface area (Å²) in [6, 6.07) is 13.3. The molecule has 0 bridgehead atoms. The second-order valence-electron chi connectivity index (χ2n) is 9.38. The lowest BCUT2D eigenvalue weighted by Gasteiger charge is -2.18. The standard InChI is InChI=1S/C30H31N7O3/c1-32-16-22(15-31)19-7-5-6-18(12-19)13-25-27-24(36-37(25)2)11-9-21-17-33-30(35-28(21)27)34-23-10-8-20(29(38)40-4)14-26(23)39-3/h5-8,10,12,14-17H,9,11,13,31H2,1-4H3,(H,33,34,35)/b22-15+,32-16?. The van der Waals surface area contributed by atoms with Gasteiger partial charge in [-0.1, -0.05) is 24.3 Å². The van der Waals surface area contributed by atoms with Crippen molar-refractivity contribution in [2.75, 3.05) is 26.6 Å². The van der Waals surface area contributed by atoms with Crippen LogP contribution in [0.1, 0.15) is 38.4 Å². The summed E-state index contributed by atoms with van der Waals surface area (Å²) in [6.45, 7) is 0. The van der Waals surface area contributed by atoms with Gasteiger partial charge in [0, 0.05) is 50.3 Å². The molecule has 0 saturated carbocycles. The number of allylic oxidation sites excluding steroid dienone is 1. The SMILES string of the molecule is CN=C/C(=C\N)c1cccc(Cc2c3c(nn2C)CCc2cnc(Nc4ccc(C(=O)OC)cc4OC)nc2-3)c1. The van der Waals surface area contributed by atoms with E-state index >= 15 is 0 Å². The third kappa shape index (κ3) is 5.15. The van der Waals surface area contributed by atoms with Crippen molar-refractivity contribution in [1.82, 2.24) is 19.7 Å². The molecule has 1 aliphatic rings. The average molecular weight is 538 g/mol. The molecule has 10 heteroatoms. The Labute approximate surface area is 232 Å². The lowest BCUT2D eigenvalue weighted by atomic mass is 9.91. The lowest BCUT2D eigenvalue weighted by Crippen LogP contribution is -2.10. The van der Waals surface area contributed by atoms with Gasteiger partial charge in [0.05, 0.1) is 42.6 Å². The molecular weight excluding hydrogens is 506 g/mol. The summed E-state index contributed by atoms with van der Waals surface area (Å²) in [5.74, 6) is 0.459. The zero-order valence-corrected chi connectivity index (χ0v) is 22.9. The van der Waals surface area contributed by atoms with Gasteiger partial charge in [0.15, 0.2) is 0 Å². The van der Waals surface area contributed by atoms with Crippen molar-refractivity contribution in [1.29, 1.82) is 0 Å². The number of rotatable bonds is 8. The van der Waals surface area contributed by atoms with Crippen LogP contribution in [0.5, 0.6) is 5.75 Å². The summed E-state index contributed by atoms with van der Waals surface area (Å²) in [7, 11) is 6.58. The van der Waals surface area contributed by atoms with E-state index in [1.54, 1.807) is 44.8 Å². The Balaban J connectivity index is 1.49. The van der Waals surface area contributed by atoms with Crippen LogP contribution in [-0.4, -0.2) is 53.2 Å². The molecule has 5 rings (SSSR count). The van der Waals surface area contributed by atoms with Crippen LogP contribution in [0.2, 0.25) is 0 Å². The zero-order chi connectivity index (χ0) is 28.2. The largest absolute Gasteiger partial charge is 0.495 e. The molecule has 3 N–H and O–H groups in total. The molecule has 1 aliphatic carbocycles. The minimum absolute atomic E-state index is 0.390. The Morgan fingerprint density at radius 2 is 2.02 bits per heavy atom. The molecule has 0 amide bonds. The Bertz CT molecular complexity index is 1640. The highest BCUT2D eigenvalue weighted by Crippen LogP contribution is 2.37. The predicted octanol–water partition coefficient (Wildman–Crippen LogP) is 4.11. The number of carbonyl (C=O) groups is 1. The van der Waals surface area contributed by atoms with Gasteiger partial charge in [-0.25, -0.2) is 14.8 Å². The van der Waals surface area contributed by atoms with E-state index in [9.17, 15) is 4.79 Å².